The van der Waals surface area contributed by atoms with Gasteiger partial charge in [0.15, 0.2) is 0 Å². The Morgan fingerprint density at radius 1 is 1.37 bits per heavy atom. The monoisotopic (exact) mass is 260 g/mol. The fourth-order valence-corrected chi connectivity index (χ4v) is 1.79. The van der Waals surface area contributed by atoms with E-state index in [9.17, 15) is 4.79 Å². The molecule has 0 spiro atoms. The number of nitrogens with zero attached hydrogens (tertiary/aromatic N) is 3. The lowest BCUT2D eigenvalue weighted by Gasteiger charge is -2.17. The van der Waals surface area contributed by atoms with Crippen molar-refractivity contribution in [1.29, 1.82) is 0 Å². The van der Waals surface area contributed by atoms with E-state index in [-0.39, 0.29) is 6.42 Å². The Kier molecular flexibility index (Phi) is 3.79. The fourth-order valence-electron chi connectivity index (χ4n) is 1.79. The van der Waals surface area contributed by atoms with Crippen molar-refractivity contribution in [3.63, 3.8) is 0 Å². The molecule has 0 radical (unpaired) electrons. The second-order valence-electron chi connectivity index (χ2n) is 4.20. The highest BCUT2D eigenvalue weighted by molar-refractivity contribution is 5.89. The molecule has 19 heavy (non-hydrogen) atoms. The van der Waals surface area contributed by atoms with Gasteiger partial charge in [0.05, 0.1) is 11.9 Å². The van der Waals surface area contributed by atoms with Crippen molar-refractivity contribution >= 4 is 28.6 Å². The number of carbonyl (C=O) groups is 1. The van der Waals surface area contributed by atoms with Crippen LogP contribution >= 0.6 is 0 Å². The number of hydrogen-bond donors (Lipinski definition) is 2. The van der Waals surface area contributed by atoms with Crippen LogP contribution in [0.25, 0.3) is 10.9 Å². The maximum absolute atomic E-state index is 10.6. The summed E-state index contributed by atoms with van der Waals surface area (Å²) in [7, 11) is 3.59. The van der Waals surface area contributed by atoms with Gasteiger partial charge in [-0.15, -0.1) is 0 Å². The molecule has 6 heteroatoms. The van der Waals surface area contributed by atoms with E-state index < -0.39 is 5.97 Å². The van der Waals surface area contributed by atoms with Gasteiger partial charge in [0, 0.05) is 26.0 Å². The number of fused-ring (bicyclic) bond motifs is 1. The SMILES string of the molecule is CNc1nc(N(C)CCC(=O)O)nc2ccccc12. The zero-order valence-corrected chi connectivity index (χ0v) is 10.9. The number of aliphatic carboxylic acids is 1. The lowest BCUT2D eigenvalue weighted by molar-refractivity contribution is -0.136. The topological polar surface area (TPSA) is 78.4 Å². The summed E-state index contributed by atoms with van der Waals surface area (Å²) in [4.78, 5) is 21.2. The standard InChI is InChI=1S/C13H16N4O2/c1-14-12-9-5-3-4-6-10(9)15-13(16-12)17(2)8-7-11(18)19/h3-6H,7-8H2,1-2H3,(H,18,19)(H,14,15,16). The molecule has 0 aliphatic rings. The number of hydrogen-bond acceptors (Lipinski definition) is 5. The molecule has 2 aromatic rings. The molecule has 1 aromatic heterocycles. The van der Waals surface area contributed by atoms with Gasteiger partial charge in [0.2, 0.25) is 5.95 Å². The summed E-state index contributed by atoms with van der Waals surface area (Å²) >= 11 is 0. The highest BCUT2D eigenvalue weighted by atomic mass is 16.4. The van der Waals surface area contributed by atoms with Gasteiger partial charge in [-0.05, 0) is 12.1 Å². The molecule has 0 saturated carbocycles. The summed E-state index contributed by atoms with van der Waals surface area (Å²) in [5.74, 6) is 0.425. The molecular formula is C13H16N4O2. The molecule has 2 N–H and O–H groups in total. The van der Waals surface area contributed by atoms with Gasteiger partial charge in [-0.25, -0.2) is 4.98 Å². The first-order chi connectivity index (χ1) is 9.11. The van der Waals surface area contributed by atoms with E-state index in [2.05, 4.69) is 15.3 Å². The summed E-state index contributed by atoms with van der Waals surface area (Å²) in [6.45, 7) is 0.372. The van der Waals surface area contributed by atoms with Gasteiger partial charge < -0.3 is 15.3 Å². The number of anilines is 2. The third-order valence-corrected chi connectivity index (χ3v) is 2.83. The Balaban J connectivity index is 2.35. The molecule has 0 saturated heterocycles. The molecule has 0 atom stereocenters. The van der Waals surface area contributed by atoms with E-state index in [1.165, 1.54) is 0 Å². The van der Waals surface area contributed by atoms with E-state index in [0.29, 0.717) is 12.5 Å². The number of benzene rings is 1. The zero-order chi connectivity index (χ0) is 13.8. The average Bonchev–Trinajstić information content (AvgIpc) is 2.43. The van der Waals surface area contributed by atoms with Crippen molar-refractivity contribution in [3.8, 4) is 0 Å². The number of rotatable bonds is 5. The van der Waals surface area contributed by atoms with E-state index in [1.54, 1.807) is 19.0 Å². The van der Waals surface area contributed by atoms with Gasteiger partial charge in [0.25, 0.3) is 0 Å². The van der Waals surface area contributed by atoms with Crippen LogP contribution in [0.15, 0.2) is 24.3 Å². The minimum Gasteiger partial charge on any atom is -0.481 e. The first-order valence-electron chi connectivity index (χ1n) is 5.99. The predicted molar refractivity (Wildman–Crippen MR) is 74.6 cm³/mol. The number of carboxylic acid groups (broad SMARTS) is 1. The molecule has 1 aromatic carbocycles. The van der Waals surface area contributed by atoms with Crippen LogP contribution in [-0.4, -0.2) is 41.7 Å². The van der Waals surface area contributed by atoms with Crippen LogP contribution in [-0.2, 0) is 4.79 Å². The van der Waals surface area contributed by atoms with E-state index in [4.69, 9.17) is 5.11 Å². The van der Waals surface area contributed by atoms with Crippen LogP contribution < -0.4 is 10.2 Å². The maximum Gasteiger partial charge on any atom is 0.305 e. The average molecular weight is 260 g/mol. The molecule has 0 amide bonds. The van der Waals surface area contributed by atoms with Crippen LogP contribution in [0.2, 0.25) is 0 Å². The maximum atomic E-state index is 10.6. The van der Waals surface area contributed by atoms with Crippen molar-refractivity contribution in [2.45, 2.75) is 6.42 Å². The highest BCUT2D eigenvalue weighted by Gasteiger charge is 2.10. The van der Waals surface area contributed by atoms with Crippen LogP contribution in [0, 0.1) is 0 Å². The molecule has 0 aliphatic heterocycles. The minimum atomic E-state index is -0.832. The van der Waals surface area contributed by atoms with Crippen molar-refractivity contribution in [2.24, 2.45) is 0 Å². The van der Waals surface area contributed by atoms with Gasteiger partial charge >= 0.3 is 5.97 Å². The van der Waals surface area contributed by atoms with Crippen molar-refractivity contribution in [1.82, 2.24) is 9.97 Å². The first kappa shape index (κ1) is 13.1. The first-order valence-corrected chi connectivity index (χ1v) is 5.99. The largest absolute Gasteiger partial charge is 0.481 e. The Bertz CT molecular complexity index is 600. The van der Waals surface area contributed by atoms with Crippen LogP contribution in [0.1, 0.15) is 6.42 Å². The lowest BCUT2D eigenvalue weighted by Crippen LogP contribution is -2.23. The van der Waals surface area contributed by atoms with Crippen LogP contribution in [0.4, 0.5) is 11.8 Å². The lowest BCUT2D eigenvalue weighted by atomic mass is 10.2. The van der Waals surface area contributed by atoms with E-state index >= 15 is 0 Å². The summed E-state index contributed by atoms with van der Waals surface area (Å²) in [5, 5.41) is 12.7. The van der Waals surface area contributed by atoms with Crippen LogP contribution in [0.5, 0.6) is 0 Å². The number of para-hydroxylation sites is 1. The fraction of sp³-hybridized carbons (Fsp3) is 0.308. The second kappa shape index (κ2) is 5.51. The minimum absolute atomic E-state index is 0.0571. The Labute approximate surface area is 111 Å². The molecule has 2 rings (SSSR count). The normalized spacial score (nSPS) is 10.4. The molecule has 100 valence electrons. The summed E-state index contributed by atoms with van der Waals surface area (Å²) in [5.41, 5.74) is 0.832. The molecule has 0 fully saturated rings. The predicted octanol–water partition coefficient (Wildman–Crippen LogP) is 1.58. The zero-order valence-electron chi connectivity index (χ0n) is 10.9. The Hall–Kier alpha value is -2.37. The number of nitrogens with one attached hydrogen (secondary N) is 1. The number of carboxylic acids is 1. The smallest absolute Gasteiger partial charge is 0.305 e. The highest BCUT2D eigenvalue weighted by Crippen LogP contribution is 2.22. The van der Waals surface area contributed by atoms with E-state index in [1.807, 2.05) is 24.3 Å². The van der Waals surface area contributed by atoms with Gasteiger partial charge in [-0.1, -0.05) is 12.1 Å². The second-order valence-corrected chi connectivity index (χ2v) is 4.20. The van der Waals surface area contributed by atoms with Gasteiger partial charge in [-0.2, -0.15) is 4.98 Å². The van der Waals surface area contributed by atoms with Crippen molar-refractivity contribution in [3.05, 3.63) is 24.3 Å². The van der Waals surface area contributed by atoms with Crippen molar-refractivity contribution < 1.29 is 9.90 Å². The van der Waals surface area contributed by atoms with Gasteiger partial charge in [-0.3, -0.25) is 4.79 Å². The summed E-state index contributed by atoms with van der Waals surface area (Å²) in [6.07, 6.45) is 0.0571. The quantitative estimate of drug-likeness (QED) is 0.849. The third kappa shape index (κ3) is 2.90. The van der Waals surface area contributed by atoms with Gasteiger partial charge in [0.1, 0.15) is 5.82 Å². The molecule has 0 aliphatic carbocycles. The third-order valence-electron chi connectivity index (χ3n) is 2.83. The number of aromatic nitrogens is 2. The molecule has 6 nitrogen and oxygen atoms in total. The Morgan fingerprint density at radius 2 is 2.11 bits per heavy atom. The molecular weight excluding hydrogens is 244 g/mol. The summed E-state index contributed by atoms with van der Waals surface area (Å²) in [6, 6.07) is 7.70. The molecule has 1 heterocycles. The van der Waals surface area contributed by atoms with E-state index in [0.717, 1.165) is 16.7 Å². The summed E-state index contributed by atoms with van der Waals surface area (Å²) < 4.78 is 0. The van der Waals surface area contributed by atoms with Crippen LogP contribution in [0.3, 0.4) is 0 Å². The molecule has 0 unspecified atom stereocenters. The Morgan fingerprint density at radius 3 is 2.79 bits per heavy atom. The molecule has 0 bridgehead atoms. The van der Waals surface area contributed by atoms with Crippen molar-refractivity contribution in [2.75, 3.05) is 30.9 Å².